The van der Waals surface area contributed by atoms with Crippen molar-refractivity contribution >= 4 is 27.5 Å². The van der Waals surface area contributed by atoms with Gasteiger partial charge in [-0.1, -0.05) is 6.92 Å². The monoisotopic (exact) mass is 439 g/mol. The average Bonchev–Trinajstić information content (AvgIpc) is 2.71. The summed E-state index contributed by atoms with van der Waals surface area (Å²) >= 11 is 0. The fraction of sp³-hybridized carbons (Fsp3) is 0.600. The van der Waals surface area contributed by atoms with Crippen LogP contribution >= 0.6 is 0 Å². The van der Waals surface area contributed by atoms with Crippen molar-refractivity contribution in [3.8, 4) is 0 Å². The van der Waals surface area contributed by atoms with Crippen LogP contribution in [0.5, 0.6) is 0 Å². The van der Waals surface area contributed by atoms with Crippen LogP contribution in [-0.2, 0) is 19.6 Å². The van der Waals surface area contributed by atoms with Gasteiger partial charge < -0.3 is 20.4 Å². The number of carbonyl (C=O) groups excluding carboxylic acids is 2. The van der Waals surface area contributed by atoms with Gasteiger partial charge in [-0.05, 0) is 43.8 Å². The maximum absolute atomic E-state index is 12.6. The Morgan fingerprint density at radius 1 is 1.07 bits per heavy atom. The number of amides is 2. The van der Waals surface area contributed by atoms with Gasteiger partial charge in [-0.3, -0.25) is 9.59 Å². The fourth-order valence-corrected chi connectivity index (χ4v) is 4.42. The molecule has 0 aliphatic carbocycles. The molecule has 1 fully saturated rings. The lowest BCUT2D eigenvalue weighted by Crippen LogP contribution is -2.46. The highest BCUT2D eigenvalue weighted by Gasteiger charge is 2.23. The van der Waals surface area contributed by atoms with Crippen molar-refractivity contribution in [2.45, 2.75) is 25.2 Å². The molecule has 9 nitrogen and oxygen atoms in total. The first-order chi connectivity index (χ1) is 14.2. The van der Waals surface area contributed by atoms with Gasteiger partial charge in [0.15, 0.2) is 0 Å². The van der Waals surface area contributed by atoms with Crippen LogP contribution < -0.4 is 10.6 Å². The number of likely N-dealkylation sites (N-methyl/N-ethyl adjacent to an activating group) is 2. The molecule has 1 aliphatic heterocycles. The standard InChI is InChI=1S/C20H33N5O4S/c1-4-24-12-14-25(15-13-24)11-5-10-21-20(27)16-23(3)30(28,29)19-8-6-18(7-9-19)22-17(2)26/h6-9H,4-5,10-16H2,1-3H3,(H,21,27)(H,22,26). The molecule has 1 aromatic carbocycles. The number of anilines is 1. The van der Waals surface area contributed by atoms with Crippen molar-refractivity contribution < 1.29 is 18.0 Å². The minimum absolute atomic E-state index is 0.0677. The van der Waals surface area contributed by atoms with Crippen molar-refractivity contribution in [3.63, 3.8) is 0 Å². The zero-order chi connectivity index (χ0) is 22.1. The zero-order valence-electron chi connectivity index (χ0n) is 18.1. The third-order valence-electron chi connectivity index (χ3n) is 5.13. The van der Waals surface area contributed by atoms with E-state index < -0.39 is 10.0 Å². The molecule has 0 unspecified atom stereocenters. The Morgan fingerprint density at radius 2 is 1.67 bits per heavy atom. The summed E-state index contributed by atoms with van der Waals surface area (Å²) in [4.78, 5) is 28.1. The largest absolute Gasteiger partial charge is 0.355 e. The van der Waals surface area contributed by atoms with E-state index in [0.29, 0.717) is 12.2 Å². The summed E-state index contributed by atoms with van der Waals surface area (Å²) in [5.41, 5.74) is 0.512. The summed E-state index contributed by atoms with van der Waals surface area (Å²) in [6, 6.07) is 5.85. The van der Waals surface area contributed by atoms with E-state index in [0.717, 1.165) is 50.0 Å². The second kappa shape index (κ2) is 11.4. The van der Waals surface area contributed by atoms with E-state index in [4.69, 9.17) is 0 Å². The molecule has 30 heavy (non-hydrogen) atoms. The summed E-state index contributed by atoms with van der Waals surface area (Å²) in [5, 5.41) is 5.38. The van der Waals surface area contributed by atoms with Gasteiger partial charge in [-0.25, -0.2) is 8.42 Å². The molecule has 0 bridgehead atoms. The normalized spacial score (nSPS) is 15.9. The maximum atomic E-state index is 12.6. The first-order valence-electron chi connectivity index (χ1n) is 10.3. The van der Waals surface area contributed by atoms with E-state index >= 15 is 0 Å². The first kappa shape index (κ1) is 24.3. The van der Waals surface area contributed by atoms with Gasteiger partial charge in [0.05, 0.1) is 11.4 Å². The number of piperazine rings is 1. The van der Waals surface area contributed by atoms with Crippen LogP contribution in [0.1, 0.15) is 20.3 Å². The Kier molecular flexibility index (Phi) is 9.22. The first-order valence-corrected chi connectivity index (χ1v) is 11.7. The summed E-state index contributed by atoms with van der Waals surface area (Å²) in [7, 11) is -2.41. The highest BCUT2D eigenvalue weighted by Crippen LogP contribution is 2.17. The summed E-state index contributed by atoms with van der Waals surface area (Å²) in [5.74, 6) is -0.561. The van der Waals surface area contributed by atoms with Crippen molar-refractivity contribution in [2.75, 3.05) is 64.7 Å². The van der Waals surface area contributed by atoms with Gasteiger partial charge >= 0.3 is 0 Å². The fourth-order valence-electron chi connectivity index (χ4n) is 3.30. The van der Waals surface area contributed by atoms with Crippen molar-refractivity contribution in [3.05, 3.63) is 24.3 Å². The van der Waals surface area contributed by atoms with E-state index in [9.17, 15) is 18.0 Å². The number of hydrogen-bond acceptors (Lipinski definition) is 6. The summed E-state index contributed by atoms with van der Waals surface area (Å²) in [6.45, 7) is 10.1. The van der Waals surface area contributed by atoms with Crippen LogP contribution in [0.25, 0.3) is 0 Å². The quantitative estimate of drug-likeness (QED) is 0.512. The molecular weight excluding hydrogens is 406 g/mol. The molecule has 1 aromatic rings. The maximum Gasteiger partial charge on any atom is 0.243 e. The number of carbonyl (C=O) groups is 2. The third kappa shape index (κ3) is 7.35. The molecule has 1 saturated heterocycles. The van der Waals surface area contributed by atoms with Gasteiger partial charge in [0.1, 0.15) is 0 Å². The topological polar surface area (TPSA) is 102 Å². The molecule has 0 aromatic heterocycles. The predicted octanol–water partition coefficient (Wildman–Crippen LogP) is 0.409. The Bertz CT molecular complexity index is 805. The molecule has 1 aliphatic rings. The van der Waals surface area contributed by atoms with Gasteiger partial charge in [0, 0.05) is 52.4 Å². The van der Waals surface area contributed by atoms with Crippen molar-refractivity contribution in [1.29, 1.82) is 0 Å². The molecule has 2 N–H and O–H groups in total. The smallest absolute Gasteiger partial charge is 0.243 e. The lowest BCUT2D eigenvalue weighted by molar-refractivity contribution is -0.121. The summed E-state index contributed by atoms with van der Waals surface area (Å²) < 4.78 is 26.3. The lowest BCUT2D eigenvalue weighted by Gasteiger charge is -2.33. The number of nitrogens with zero attached hydrogens (tertiary/aromatic N) is 3. The molecule has 10 heteroatoms. The molecule has 0 spiro atoms. The second-order valence-corrected chi connectivity index (χ2v) is 9.49. The lowest BCUT2D eigenvalue weighted by atomic mass is 10.3. The molecular formula is C20H33N5O4S. The number of nitrogens with one attached hydrogen (secondary N) is 2. The number of sulfonamides is 1. The SMILES string of the molecule is CCN1CCN(CCCNC(=O)CN(C)S(=O)(=O)c2ccc(NC(C)=O)cc2)CC1. The van der Waals surface area contributed by atoms with Gasteiger partial charge in [0.2, 0.25) is 21.8 Å². The van der Waals surface area contributed by atoms with Crippen LogP contribution in [0.2, 0.25) is 0 Å². The molecule has 168 valence electrons. The van der Waals surface area contributed by atoms with Crippen LogP contribution in [0.15, 0.2) is 29.2 Å². The molecule has 2 amide bonds. The van der Waals surface area contributed by atoms with Crippen LogP contribution in [-0.4, -0.2) is 93.7 Å². The Labute approximate surface area is 179 Å². The highest BCUT2D eigenvalue weighted by atomic mass is 32.2. The van der Waals surface area contributed by atoms with Gasteiger partial charge in [0.25, 0.3) is 0 Å². The molecule has 0 saturated carbocycles. The summed E-state index contributed by atoms with van der Waals surface area (Å²) in [6.07, 6.45) is 0.832. The third-order valence-corrected chi connectivity index (χ3v) is 6.95. The van der Waals surface area contributed by atoms with Crippen LogP contribution in [0.4, 0.5) is 5.69 Å². The second-order valence-electron chi connectivity index (χ2n) is 7.45. The van der Waals surface area contributed by atoms with Gasteiger partial charge in [-0.2, -0.15) is 4.31 Å². The minimum atomic E-state index is -3.79. The average molecular weight is 440 g/mol. The zero-order valence-corrected chi connectivity index (χ0v) is 18.9. The Hall–Kier alpha value is -2.01. The van der Waals surface area contributed by atoms with E-state index in [1.165, 1.54) is 38.2 Å². The van der Waals surface area contributed by atoms with Gasteiger partial charge in [-0.15, -0.1) is 0 Å². The Balaban J connectivity index is 1.74. The highest BCUT2D eigenvalue weighted by molar-refractivity contribution is 7.89. The minimum Gasteiger partial charge on any atom is -0.355 e. The van der Waals surface area contributed by atoms with E-state index in [1.807, 2.05) is 0 Å². The van der Waals surface area contributed by atoms with Crippen molar-refractivity contribution in [1.82, 2.24) is 19.4 Å². The molecule has 0 atom stereocenters. The van der Waals surface area contributed by atoms with Crippen LogP contribution in [0.3, 0.4) is 0 Å². The Morgan fingerprint density at radius 3 is 2.23 bits per heavy atom. The number of rotatable bonds is 10. The van der Waals surface area contributed by atoms with E-state index in [-0.39, 0.29) is 23.3 Å². The molecule has 2 rings (SSSR count). The van der Waals surface area contributed by atoms with Crippen LogP contribution in [0, 0.1) is 0 Å². The number of benzene rings is 1. The predicted molar refractivity (Wildman–Crippen MR) is 117 cm³/mol. The number of hydrogen-bond donors (Lipinski definition) is 2. The van der Waals surface area contributed by atoms with E-state index in [1.54, 1.807) is 0 Å². The van der Waals surface area contributed by atoms with E-state index in [2.05, 4.69) is 27.4 Å². The molecule has 1 heterocycles. The molecule has 0 radical (unpaired) electrons. The van der Waals surface area contributed by atoms with Crippen molar-refractivity contribution in [2.24, 2.45) is 0 Å².